The Morgan fingerprint density at radius 2 is 1.97 bits per heavy atom. The Bertz CT molecular complexity index is 1350. The number of aromatic nitrogens is 1. The monoisotopic (exact) mass is 499 g/mol. The quantitative estimate of drug-likeness (QED) is 0.587. The summed E-state index contributed by atoms with van der Waals surface area (Å²) in [5.74, 6) is 0.917. The molecule has 4 heterocycles. The van der Waals surface area contributed by atoms with Crippen LogP contribution in [-0.4, -0.2) is 68.7 Å². The van der Waals surface area contributed by atoms with Gasteiger partial charge in [-0.2, -0.15) is 0 Å². The molecule has 2 saturated carbocycles. The van der Waals surface area contributed by atoms with Crippen molar-refractivity contribution in [2.45, 2.75) is 86.9 Å². The minimum absolute atomic E-state index is 0.106. The van der Waals surface area contributed by atoms with Crippen molar-refractivity contribution in [1.29, 1.82) is 0 Å². The summed E-state index contributed by atoms with van der Waals surface area (Å²) in [5.41, 5.74) is 8.99. The van der Waals surface area contributed by atoms with Crippen LogP contribution in [0.25, 0.3) is 10.8 Å². The van der Waals surface area contributed by atoms with E-state index in [0.717, 1.165) is 50.8 Å². The number of allylic oxidation sites excluding steroid dienone is 1. The van der Waals surface area contributed by atoms with E-state index in [1.54, 1.807) is 0 Å². The van der Waals surface area contributed by atoms with Crippen molar-refractivity contribution in [2.24, 2.45) is 17.1 Å². The van der Waals surface area contributed by atoms with Crippen LogP contribution in [0.1, 0.15) is 56.9 Å². The topological polar surface area (TPSA) is 91.8 Å². The maximum atomic E-state index is 11.3. The van der Waals surface area contributed by atoms with E-state index in [-0.39, 0.29) is 23.1 Å². The molecule has 1 aromatic carbocycles. The van der Waals surface area contributed by atoms with Crippen molar-refractivity contribution in [3.63, 3.8) is 0 Å². The molecule has 8 rings (SSSR count). The molecule has 3 aliphatic carbocycles. The summed E-state index contributed by atoms with van der Waals surface area (Å²) in [6.45, 7) is 4.05. The van der Waals surface area contributed by atoms with E-state index in [2.05, 4.69) is 53.2 Å². The van der Waals surface area contributed by atoms with E-state index in [4.69, 9.17) is 10.5 Å². The predicted octanol–water partition coefficient (Wildman–Crippen LogP) is 3.43. The van der Waals surface area contributed by atoms with Crippen LogP contribution in [0.2, 0.25) is 0 Å². The Hall–Kier alpha value is -2.09. The summed E-state index contributed by atoms with van der Waals surface area (Å²) in [5, 5.41) is 24.9. The van der Waals surface area contributed by atoms with Crippen molar-refractivity contribution in [2.75, 3.05) is 13.1 Å². The second kappa shape index (κ2) is 7.51. The summed E-state index contributed by atoms with van der Waals surface area (Å²) in [7, 11) is 0. The van der Waals surface area contributed by atoms with Gasteiger partial charge in [0, 0.05) is 43.0 Å². The highest BCUT2D eigenvalue weighted by molar-refractivity contribution is 5.82. The van der Waals surface area contributed by atoms with E-state index in [1.165, 1.54) is 28.3 Å². The van der Waals surface area contributed by atoms with Gasteiger partial charge in [0.05, 0.1) is 17.3 Å². The number of hydrogen-bond donors (Lipinski definition) is 3. The molecule has 194 valence electrons. The molecule has 6 aliphatic rings. The highest BCUT2D eigenvalue weighted by Gasteiger charge is 2.68. The third-order valence-electron chi connectivity index (χ3n) is 11.3. The first-order valence-electron chi connectivity index (χ1n) is 14.2. The normalized spacial score (nSPS) is 45.0. The Morgan fingerprint density at radius 1 is 1.11 bits per heavy atom. The molecule has 1 unspecified atom stereocenters. The smallest absolute Gasteiger partial charge is 0.105 e. The Kier molecular flexibility index (Phi) is 4.64. The molecule has 2 bridgehead atoms. The van der Waals surface area contributed by atoms with Crippen LogP contribution < -0.4 is 5.73 Å². The van der Waals surface area contributed by atoms with Crippen molar-refractivity contribution in [3.05, 3.63) is 65.5 Å². The lowest BCUT2D eigenvalue weighted by molar-refractivity contribution is -0.173. The van der Waals surface area contributed by atoms with Crippen LogP contribution in [0.3, 0.4) is 0 Å². The molecule has 1 aromatic heterocycles. The largest absolute Gasteiger partial charge is 0.388 e. The highest BCUT2D eigenvalue weighted by atomic mass is 16.5. The number of nitrogens with zero attached hydrogens (tertiary/aromatic N) is 2. The van der Waals surface area contributed by atoms with Crippen molar-refractivity contribution >= 4 is 10.8 Å². The van der Waals surface area contributed by atoms with Gasteiger partial charge < -0.3 is 20.7 Å². The van der Waals surface area contributed by atoms with Gasteiger partial charge in [-0.1, -0.05) is 31.2 Å². The van der Waals surface area contributed by atoms with Gasteiger partial charge in [-0.15, -0.1) is 0 Å². The number of aliphatic hydroxyl groups is 2. The van der Waals surface area contributed by atoms with E-state index in [0.29, 0.717) is 11.8 Å². The van der Waals surface area contributed by atoms with Gasteiger partial charge in [0.15, 0.2) is 0 Å². The molecule has 2 spiro atoms. The average Bonchev–Trinajstić information content (AvgIpc) is 3.40. The molecule has 6 nitrogen and oxygen atoms in total. The van der Waals surface area contributed by atoms with Crippen molar-refractivity contribution in [3.8, 4) is 0 Å². The SMILES string of the molecule is C[C@]12CC=C3C=C4[C@@H](O)[C@H](O)[C@@H](N5CC(N)C5)C[C@]45CCC3(O5)[C@@H]1CC[C@@H]2c1ccc2ccncc2c1. The Balaban J connectivity index is 1.17. The number of ether oxygens (including phenoxy) is 1. The second-order valence-corrected chi connectivity index (χ2v) is 13.0. The maximum absolute atomic E-state index is 11.3. The van der Waals surface area contributed by atoms with Crippen molar-refractivity contribution in [1.82, 2.24) is 9.88 Å². The second-order valence-electron chi connectivity index (χ2n) is 13.0. The number of fused-ring (bicyclic) bond motifs is 2. The molecule has 37 heavy (non-hydrogen) atoms. The molecule has 2 saturated heterocycles. The first-order valence-corrected chi connectivity index (χ1v) is 14.2. The van der Waals surface area contributed by atoms with Gasteiger partial charge in [0.25, 0.3) is 0 Å². The fraction of sp³-hybridized carbons (Fsp3) is 0.581. The van der Waals surface area contributed by atoms with E-state index >= 15 is 0 Å². The lowest BCUT2D eigenvalue weighted by Gasteiger charge is -2.57. The van der Waals surface area contributed by atoms with Crippen LogP contribution in [-0.2, 0) is 4.74 Å². The third-order valence-corrected chi connectivity index (χ3v) is 11.3. The minimum atomic E-state index is -0.886. The number of aliphatic hydroxyl groups excluding tert-OH is 2. The zero-order chi connectivity index (χ0) is 25.2. The number of likely N-dealkylation sites (tertiary alicyclic amines) is 1. The van der Waals surface area contributed by atoms with Gasteiger partial charge in [-0.05, 0) is 90.0 Å². The minimum Gasteiger partial charge on any atom is -0.388 e. The molecule has 3 aliphatic heterocycles. The van der Waals surface area contributed by atoms with Gasteiger partial charge in [0.1, 0.15) is 6.10 Å². The van der Waals surface area contributed by atoms with Crippen LogP contribution in [0.15, 0.2) is 60.0 Å². The molecule has 4 fully saturated rings. The number of hydrogen-bond acceptors (Lipinski definition) is 6. The third kappa shape index (κ3) is 2.91. The van der Waals surface area contributed by atoms with Crippen LogP contribution in [0, 0.1) is 11.3 Å². The number of benzene rings is 1. The highest BCUT2D eigenvalue weighted by Crippen LogP contribution is 2.69. The number of pyridine rings is 1. The molecule has 0 radical (unpaired) electrons. The molecule has 2 aromatic rings. The average molecular weight is 500 g/mol. The van der Waals surface area contributed by atoms with Crippen molar-refractivity contribution < 1.29 is 14.9 Å². The van der Waals surface area contributed by atoms with Gasteiger partial charge in [-0.3, -0.25) is 9.88 Å². The number of rotatable bonds is 2. The summed E-state index contributed by atoms with van der Waals surface area (Å²) >= 11 is 0. The zero-order valence-corrected chi connectivity index (χ0v) is 21.5. The summed E-state index contributed by atoms with van der Waals surface area (Å²) < 4.78 is 7.33. The summed E-state index contributed by atoms with van der Waals surface area (Å²) in [6.07, 6.45) is 12.8. The molecular formula is C31H37N3O3. The van der Waals surface area contributed by atoms with Gasteiger partial charge >= 0.3 is 0 Å². The van der Waals surface area contributed by atoms with Gasteiger partial charge in [-0.25, -0.2) is 0 Å². The van der Waals surface area contributed by atoms with Crippen LogP contribution in [0.4, 0.5) is 0 Å². The predicted molar refractivity (Wildman–Crippen MR) is 142 cm³/mol. The molecule has 0 amide bonds. The summed E-state index contributed by atoms with van der Waals surface area (Å²) in [4.78, 5) is 6.61. The first kappa shape index (κ1) is 22.9. The van der Waals surface area contributed by atoms with E-state index in [9.17, 15) is 10.2 Å². The lowest BCUT2D eigenvalue weighted by Crippen LogP contribution is -2.68. The summed E-state index contributed by atoms with van der Waals surface area (Å²) in [6, 6.07) is 9.07. The maximum Gasteiger partial charge on any atom is 0.105 e. The lowest BCUT2D eigenvalue weighted by atomic mass is 9.58. The Morgan fingerprint density at radius 3 is 2.81 bits per heavy atom. The first-order chi connectivity index (χ1) is 17.8. The van der Waals surface area contributed by atoms with E-state index < -0.39 is 17.8 Å². The number of nitrogens with two attached hydrogens (primary N) is 1. The molecule has 8 atom stereocenters. The van der Waals surface area contributed by atoms with Gasteiger partial charge in [0.2, 0.25) is 0 Å². The van der Waals surface area contributed by atoms with Crippen LogP contribution >= 0.6 is 0 Å². The molecular weight excluding hydrogens is 462 g/mol. The van der Waals surface area contributed by atoms with Crippen LogP contribution in [0.5, 0.6) is 0 Å². The standard InChI is InChI=1S/C31H37N3O3/c1-29-8-6-21-13-24-27(35)28(36)25(34-16-22(32)17-34)14-30(24)9-10-31(21,37-30)26(29)5-4-23(29)19-3-2-18-7-11-33-15-20(18)12-19/h2-3,6-7,11-13,15,22-23,25-28,35-36H,4-5,8-10,14,16-17,32H2,1H3/t23-,25+,26-,27-,28-,29-,30-,31?/m1/s1. The molecule has 6 heteroatoms. The zero-order valence-electron chi connectivity index (χ0n) is 21.5. The fourth-order valence-electron chi connectivity index (χ4n) is 9.46. The fourth-order valence-corrected chi connectivity index (χ4v) is 9.46. The van der Waals surface area contributed by atoms with E-state index in [1.807, 2.05) is 12.4 Å². The molecule has 4 N–H and O–H groups in total. The Labute approximate surface area is 218 Å².